The lowest BCUT2D eigenvalue weighted by molar-refractivity contribution is -0.125. The SMILES string of the molecule is COCC(=O)NC(CCN1CC2CN(C(=O)c3c(C)cccc3C)CC2C1)c1ccccc1. The van der Waals surface area contributed by atoms with Crippen molar-refractivity contribution in [1.29, 1.82) is 0 Å². The zero-order chi connectivity index (χ0) is 23.4. The van der Waals surface area contributed by atoms with Crippen LogP contribution in [0.1, 0.15) is 39.5 Å². The van der Waals surface area contributed by atoms with Gasteiger partial charge in [-0.05, 0) is 48.8 Å². The molecule has 0 radical (unpaired) electrons. The number of carbonyl (C=O) groups excluding carboxylic acids is 2. The average molecular weight is 450 g/mol. The van der Waals surface area contributed by atoms with Crippen LogP contribution < -0.4 is 5.32 Å². The standard InChI is InChI=1S/C27H35N3O3/c1-19-8-7-9-20(2)26(19)27(32)30-16-22-14-29(15-23(22)17-30)13-12-24(28-25(31)18-33-3)21-10-5-4-6-11-21/h4-11,22-24H,12-18H2,1-3H3,(H,28,31). The minimum Gasteiger partial charge on any atom is -0.375 e. The molecule has 6 heteroatoms. The molecule has 0 bridgehead atoms. The number of fused-ring (bicyclic) bond motifs is 1. The molecule has 1 N–H and O–H groups in total. The molecule has 2 aliphatic heterocycles. The first-order chi connectivity index (χ1) is 16.0. The number of rotatable bonds is 8. The maximum Gasteiger partial charge on any atom is 0.254 e. The molecule has 2 amide bonds. The van der Waals surface area contributed by atoms with Crippen molar-refractivity contribution in [1.82, 2.24) is 15.1 Å². The minimum atomic E-state index is -0.0923. The quantitative estimate of drug-likeness (QED) is 0.672. The molecule has 6 nitrogen and oxygen atoms in total. The Balaban J connectivity index is 1.33. The number of likely N-dealkylation sites (tertiary alicyclic amines) is 2. The third-order valence-electron chi connectivity index (χ3n) is 7.09. The molecule has 2 fully saturated rings. The van der Waals surface area contributed by atoms with Gasteiger partial charge in [0.25, 0.3) is 5.91 Å². The molecular formula is C27H35N3O3. The van der Waals surface area contributed by atoms with E-state index in [9.17, 15) is 9.59 Å². The summed E-state index contributed by atoms with van der Waals surface area (Å²) in [5, 5.41) is 3.12. The molecule has 2 heterocycles. The fourth-order valence-electron chi connectivity index (χ4n) is 5.43. The Morgan fingerprint density at radius 1 is 0.970 bits per heavy atom. The Labute approximate surface area is 196 Å². The van der Waals surface area contributed by atoms with Crippen molar-refractivity contribution < 1.29 is 14.3 Å². The molecule has 3 atom stereocenters. The normalized spacial score (nSPS) is 21.1. The summed E-state index contributed by atoms with van der Waals surface area (Å²) in [6.07, 6.45) is 0.851. The number of hydrogen-bond acceptors (Lipinski definition) is 4. The molecular weight excluding hydrogens is 414 g/mol. The largest absolute Gasteiger partial charge is 0.375 e. The number of amides is 2. The first kappa shape index (κ1) is 23.5. The predicted octanol–water partition coefficient (Wildman–Crippen LogP) is 3.20. The van der Waals surface area contributed by atoms with E-state index in [0.717, 1.165) is 61.4 Å². The first-order valence-corrected chi connectivity index (χ1v) is 11.9. The molecule has 0 saturated carbocycles. The van der Waals surface area contributed by atoms with Gasteiger partial charge < -0.3 is 19.9 Å². The van der Waals surface area contributed by atoms with Crippen molar-refractivity contribution in [3.05, 3.63) is 70.8 Å². The second-order valence-corrected chi connectivity index (χ2v) is 9.51. The average Bonchev–Trinajstić information content (AvgIpc) is 3.36. The molecule has 33 heavy (non-hydrogen) atoms. The van der Waals surface area contributed by atoms with Gasteiger partial charge in [-0.25, -0.2) is 0 Å². The van der Waals surface area contributed by atoms with Crippen LogP contribution in [0.15, 0.2) is 48.5 Å². The maximum absolute atomic E-state index is 13.2. The molecule has 2 aromatic carbocycles. The summed E-state index contributed by atoms with van der Waals surface area (Å²) in [4.78, 5) is 29.9. The summed E-state index contributed by atoms with van der Waals surface area (Å²) >= 11 is 0. The molecule has 2 saturated heterocycles. The molecule has 176 valence electrons. The molecule has 0 aromatic heterocycles. The van der Waals surface area contributed by atoms with Crippen molar-refractivity contribution >= 4 is 11.8 Å². The third kappa shape index (κ3) is 5.45. The number of hydrogen-bond donors (Lipinski definition) is 1. The van der Waals surface area contributed by atoms with E-state index in [1.807, 2.05) is 50.2 Å². The first-order valence-electron chi connectivity index (χ1n) is 11.9. The summed E-state index contributed by atoms with van der Waals surface area (Å²) < 4.78 is 4.99. The van der Waals surface area contributed by atoms with Gasteiger partial charge in [0.2, 0.25) is 5.91 Å². The summed E-state index contributed by atoms with van der Waals surface area (Å²) in [6, 6.07) is 16.2. The van der Waals surface area contributed by atoms with Crippen LogP contribution in [0.3, 0.4) is 0 Å². The second kappa shape index (κ2) is 10.5. The number of carbonyl (C=O) groups is 2. The summed E-state index contributed by atoms with van der Waals surface area (Å²) in [5.41, 5.74) is 4.10. The van der Waals surface area contributed by atoms with E-state index < -0.39 is 0 Å². The Morgan fingerprint density at radius 2 is 1.61 bits per heavy atom. The zero-order valence-corrected chi connectivity index (χ0v) is 19.9. The van der Waals surface area contributed by atoms with Crippen molar-refractivity contribution in [2.45, 2.75) is 26.3 Å². The van der Waals surface area contributed by atoms with Crippen molar-refractivity contribution in [3.63, 3.8) is 0 Å². The van der Waals surface area contributed by atoms with Crippen LogP contribution in [0, 0.1) is 25.7 Å². The van der Waals surface area contributed by atoms with Crippen molar-refractivity contribution in [3.8, 4) is 0 Å². The van der Waals surface area contributed by atoms with Gasteiger partial charge in [-0.15, -0.1) is 0 Å². The van der Waals surface area contributed by atoms with Crippen molar-refractivity contribution in [2.75, 3.05) is 46.4 Å². The number of ether oxygens (including phenoxy) is 1. The molecule has 4 rings (SSSR count). The van der Waals surface area contributed by atoms with E-state index in [0.29, 0.717) is 11.8 Å². The van der Waals surface area contributed by atoms with Gasteiger partial charge in [0.1, 0.15) is 6.61 Å². The molecule has 2 aliphatic rings. The fraction of sp³-hybridized carbons (Fsp3) is 0.481. The van der Waals surface area contributed by atoms with Crippen molar-refractivity contribution in [2.24, 2.45) is 11.8 Å². The van der Waals surface area contributed by atoms with Crippen LogP contribution in [0.2, 0.25) is 0 Å². The Kier molecular flexibility index (Phi) is 7.46. The van der Waals surface area contributed by atoms with Gasteiger partial charge in [-0.3, -0.25) is 9.59 Å². The van der Waals surface area contributed by atoms with Gasteiger partial charge in [0.05, 0.1) is 6.04 Å². The highest BCUT2D eigenvalue weighted by atomic mass is 16.5. The number of aryl methyl sites for hydroxylation is 2. The summed E-state index contributed by atoms with van der Waals surface area (Å²) in [6.45, 7) is 8.72. The van der Waals surface area contributed by atoms with Gasteiger partial charge in [0, 0.05) is 45.4 Å². The smallest absolute Gasteiger partial charge is 0.254 e. The molecule has 2 aromatic rings. The molecule has 0 aliphatic carbocycles. The van der Waals surface area contributed by atoms with Crippen LogP contribution in [0.5, 0.6) is 0 Å². The Bertz CT molecular complexity index is 944. The lowest BCUT2D eigenvalue weighted by Gasteiger charge is -2.25. The summed E-state index contributed by atoms with van der Waals surface area (Å²) in [5.74, 6) is 1.13. The monoisotopic (exact) mass is 449 g/mol. The van der Waals surface area contributed by atoms with Crippen LogP contribution in [0.4, 0.5) is 0 Å². The van der Waals surface area contributed by atoms with E-state index in [4.69, 9.17) is 4.74 Å². The number of benzene rings is 2. The highest BCUT2D eigenvalue weighted by molar-refractivity contribution is 5.97. The fourth-order valence-corrected chi connectivity index (χ4v) is 5.43. The molecule has 0 spiro atoms. The lowest BCUT2D eigenvalue weighted by Crippen LogP contribution is -2.36. The predicted molar refractivity (Wildman–Crippen MR) is 129 cm³/mol. The van der Waals surface area contributed by atoms with Gasteiger partial charge in [0.15, 0.2) is 0 Å². The number of nitrogens with one attached hydrogen (secondary N) is 1. The highest BCUT2D eigenvalue weighted by Gasteiger charge is 2.42. The van der Waals surface area contributed by atoms with Gasteiger partial charge in [-0.2, -0.15) is 0 Å². The third-order valence-corrected chi connectivity index (χ3v) is 7.09. The van der Waals surface area contributed by atoms with E-state index in [2.05, 4.69) is 27.2 Å². The zero-order valence-electron chi connectivity index (χ0n) is 19.9. The lowest BCUT2D eigenvalue weighted by atomic mass is 10.0. The van der Waals surface area contributed by atoms with E-state index in [1.54, 1.807) is 0 Å². The topological polar surface area (TPSA) is 61.9 Å². The Morgan fingerprint density at radius 3 is 2.21 bits per heavy atom. The van der Waals surface area contributed by atoms with Crippen LogP contribution >= 0.6 is 0 Å². The summed E-state index contributed by atoms with van der Waals surface area (Å²) in [7, 11) is 1.54. The van der Waals surface area contributed by atoms with Crippen LogP contribution in [0.25, 0.3) is 0 Å². The van der Waals surface area contributed by atoms with E-state index in [1.165, 1.54) is 7.11 Å². The Hall–Kier alpha value is -2.70. The van der Waals surface area contributed by atoms with Gasteiger partial charge in [-0.1, -0.05) is 48.5 Å². The van der Waals surface area contributed by atoms with Gasteiger partial charge >= 0.3 is 0 Å². The molecule has 3 unspecified atom stereocenters. The van der Waals surface area contributed by atoms with Crippen LogP contribution in [-0.2, 0) is 9.53 Å². The van der Waals surface area contributed by atoms with Crippen LogP contribution in [-0.4, -0.2) is 68.1 Å². The van der Waals surface area contributed by atoms with E-state index in [-0.39, 0.29) is 24.5 Å². The number of nitrogens with zero attached hydrogens (tertiary/aromatic N) is 2. The highest BCUT2D eigenvalue weighted by Crippen LogP contribution is 2.33. The minimum absolute atomic E-state index is 0.0311. The van der Waals surface area contributed by atoms with E-state index >= 15 is 0 Å². The number of methoxy groups -OCH3 is 1. The maximum atomic E-state index is 13.2. The second-order valence-electron chi connectivity index (χ2n) is 9.51.